The van der Waals surface area contributed by atoms with Crippen LogP contribution in [-0.4, -0.2) is 64.3 Å². The first-order valence-electron chi connectivity index (χ1n) is 10.1. The molecule has 0 atom stereocenters. The van der Waals surface area contributed by atoms with Crippen molar-refractivity contribution in [3.05, 3.63) is 47.0 Å². The number of methoxy groups -OCH3 is 1. The predicted octanol–water partition coefficient (Wildman–Crippen LogP) is 4.35. The van der Waals surface area contributed by atoms with Crippen molar-refractivity contribution in [2.45, 2.75) is 18.2 Å². The summed E-state index contributed by atoms with van der Waals surface area (Å²) in [4.78, 5) is 21.9. The quantitative estimate of drug-likeness (QED) is 0.439. The Balaban J connectivity index is 2.05. The second kappa shape index (κ2) is 10.2. The minimum Gasteiger partial charge on any atom is -0.494 e. The molecule has 0 aliphatic heterocycles. The molecule has 0 unspecified atom stereocenters. The van der Waals surface area contributed by atoms with Crippen LogP contribution in [0.1, 0.15) is 23.7 Å². The standard InChI is InChI=1S/C22H26ClN3O4S2/c1-5-32(28,29)16-9-6-8-15(14-16)21(27)26(13-7-12-25(2)3)22-24-19-18(30-4)11-10-17(23)20(19)31-22/h6,8-11,14H,5,7,12-13H2,1-4H3. The summed E-state index contributed by atoms with van der Waals surface area (Å²) in [5.41, 5.74) is 0.884. The van der Waals surface area contributed by atoms with E-state index in [1.54, 1.807) is 43.2 Å². The van der Waals surface area contributed by atoms with E-state index in [9.17, 15) is 13.2 Å². The maximum Gasteiger partial charge on any atom is 0.260 e. The topological polar surface area (TPSA) is 79.8 Å². The Labute approximate surface area is 197 Å². The van der Waals surface area contributed by atoms with Gasteiger partial charge in [0.1, 0.15) is 11.3 Å². The van der Waals surface area contributed by atoms with Gasteiger partial charge in [-0.2, -0.15) is 0 Å². The Bertz CT molecular complexity index is 1230. The number of hydrogen-bond donors (Lipinski definition) is 0. The lowest BCUT2D eigenvalue weighted by atomic mass is 10.2. The molecule has 1 amide bonds. The Morgan fingerprint density at radius 2 is 1.94 bits per heavy atom. The molecule has 7 nitrogen and oxygen atoms in total. The summed E-state index contributed by atoms with van der Waals surface area (Å²) in [6.45, 7) is 2.78. The molecule has 0 saturated heterocycles. The Morgan fingerprint density at radius 1 is 1.19 bits per heavy atom. The summed E-state index contributed by atoms with van der Waals surface area (Å²) in [6, 6.07) is 9.63. The van der Waals surface area contributed by atoms with Gasteiger partial charge in [-0.1, -0.05) is 35.9 Å². The van der Waals surface area contributed by atoms with Crippen LogP contribution >= 0.6 is 22.9 Å². The fourth-order valence-corrected chi connectivity index (χ4v) is 5.40. The zero-order valence-corrected chi connectivity index (χ0v) is 20.9. The summed E-state index contributed by atoms with van der Waals surface area (Å²) in [5.74, 6) is 0.225. The van der Waals surface area contributed by atoms with Crippen LogP contribution < -0.4 is 9.64 Å². The summed E-state index contributed by atoms with van der Waals surface area (Å²) >= 11 is 7.68. The van der Waals surface area contributed by atoms with E-state index in [4.69, 9.17) is 16.3 Å². The van der Waals surface area contributed by atoms with Crippen molar-refractivity contribution in [3.8, 4) is 5.75 Å². The van der Waals surface area contributed by atoms with Gasteiger partial charge in [-0.15, -0.1) is 0 Å². The van der Waals surface area contributed by atoms with E-state index < -0.39 is 9.84 Å². The van der Waals surface area contributed by atoms with Gasteiger partial charge in [0, 0.05) is 12.1 Å². The van der Waals surface area contributed by atoms with Gasteiger partial charge in [-0.25, -0.2) is 13.4 Å². The maximum atomic E-state index is 13.5. The number of carbonyl (C=O) groups excluding carboxylic acids is 1. The number of hydrogen-bond acceptors (Lipinski definition) is 7. The molecular weight excluding hydrogens is 470 g/mol. The van der Waals surface area contributed by atoms with Gasteiger partial charge in [-0.05, 0) is 57.4 Å². The number of thiazole rings is 1. The molecule has 1 heterocycles. The number of fused-ring (bicyclic) bond motifs is 1. The number of halogens is 1. The molecular formula is C22H26ClN3O4S2. The molecule has 10 heteroatoms. The van der Waals surface area contributed by atoms with Crippen LogP contribution in [0.25, 0.3) is 10.2 Å². The van der Waals surface area contributed by atoms with Crippen LogP contribution in [0, 0.1) is 0 Å². The molecule has 172 valence electrons. The van der Waals surface area contributed by atoms with Crippen molar-refractivity contribution in [1.82, 2.24) is 9.88 Å². The van der Waals surface area contributed by atoms with E-state index >= 15 is 0 Å². The molecule has 2 aromatic carbocycles. The molecule has 32 heavy (non-hydrogen) atoms. The fourth-order valence-electron chi connectivity index (χ4n) is 3.20. The highest BCUT2D eigenvalue weighted by molar-refractivity contribution is 7.91. The fraction of sp³-hybridized carbons (Fsp3) is 0.364. The van der Waals surface area contributed by atoms with E-state index in [1.807, 2.05) is 19.0 Å². The Kier molecular flexibility index (Phi) is 7.76. The molecule has 0 radical (unpaired) electrons. The average Bonchev–Trinajstić information content (AvgIpc) is 3.22. The largest absolute Gasteiger partial charge is 0.494 e. The van der Waals surface area contributed by atoms with Gasteiger partial charge >= 0.3 is 0 Å². The molecule has 3 rings (SSSR count). The van der Waals surface area contributed by atoms with Crippen molar-refractivity contribution in [2.24, 2.45) is 0 Å². The van der Waals surface area contributed by atoms with Crippen molar-refractivity contribution in [1.29, 1.82) is 0 Å². The molecule has 3 aromatic rings. The summed E-state index contributed by atoms with van der Waals surface area (Å²) < 4.78 is 30.8. The summed E-state index contributed by atoms with van der Waals surface area (Å²) in [7, 11) is 2.06. The Hall–Kier alpha value is -2.20. The lowest BCUT2D eigenvalue weighted by Crippen LogP contribution is -2.33. The van der Waals surface area contributed by atoms with Gasteiger partial charge in [0.25, 0.3) is 5.91 Å². The first kappa shape index (κ1) is 24.4. The number of ether oxygens (including phenoxy) is 1. The van der Waals surface area contributed by atoms with Gasteiger partial charge in [0.05, 0.1) is 27.5 Å². The number of aromatic nitrogens is 1. The summed E-state index contributed by atoms with van der Waals surface area (Å²) in [5, 5.41) is 1.01. The van der Waals surface area contributed by atoms with Crippen LogP contribution in [0.4, 0.5) is 5.13 Å². The molecule has 0 fully saturated rings. The van der Waals surface area contributed by atoms with E-state index in [0.29, 0.717) is 39.9 Å². The highest BCUT2D eigenvalue weighted by Gasteiger charge is 2.24. The number of carbonyl (C=O) groups is 1. The highest BCUT2D eigenvalue weighted by Crippen LogP contribution is 2.39. The normalized spacial score (nSPS) is 11.8. The van der Waals surface area contributed by atoms with Crippen molar-refractivity contribution in [3.63, 3.8) is 0 Å². The van der Waals surface area contributed by atoms with Gasteiger partial charge in [0.15, 0.2) is 15.0 Å². The Morgan fingerprint density at radius 3 is 2.59 bits per heavy atom. The van der Waals surface area contributed by atoms with E-state index in [1.165, 1.54) is 23.5 Å². The number of rotatable bonds is 9. The number of benzene rings is 2. The van der Waals surface area contributed by atoms with Crippen LogP contribution in [0.5, 0.6) is 5.75 Å². The molecule has 0 spiro atoms. The third-order valence-electron chi connectivity index (χ3n) is 4.95. The number of amides is 1. The smallest absolute Gasteiger partial charge is 0.260 e. The van der Waals surface area contributed by atoms with E-state index in [0.717, 1.165) is 11.2 Å². The monoisotopic (exact) mass is 495 g/mol. The zero-order chi connectivity index (χ0) is 23.5. The van der Waals surface area contributed by atoms with Crippen molar-refractivity contribution >= 4 is 54.0 Å². The zero-order valence-electron chi connectivity index (χ0n) is 18.5. The third-order valence-corrected chi connectivity index (χ3v) is 8.22. The minimum atomic E-state index is -3.43. The lowest BCUT2D eigenvalue weighted by molar-refractivity contribution is 0.0986. The van der Waals surface area contributed by atoms with Crippen LogP contribution in [0.15, 0.2) is 41.3 Å². The second-order valence-corrected chi connectivity index (χ2v) is 11.1. The highest BCUT2D eigenvalue weighted by atomic mass is 35.5. The molecule has 0 aliphatic carbocycles. The van der Waals surface area contributed by atoms with Crippen LogP contribution in [-0.2, 0) is 9.84 Å². The van der Waals surface area contributed by atoms with Crippen LogP contribution in [0.2, 0.25) is 5.02 Å². The first-order chi connectivity index (χ1) is 15.2. The number of sulfone groups is 1. The second-order valence-electron chi connectivity index (χ2n) is 7.47. The molecule has 0 N–H and O–H groups in total. The SMILES string of the molecule is CCS(=O)(=O)c1cccc(C(=O)N(CCCN(C)C)c2nc3c(OC)ccc(Cl)c3s2)c1. The number of nitrogens with zero attached hydrogens (tertiary/aromatic N) is 3. The van der Waals surface area contributed by atoms with Crippen LogP contribution in [0.3, 0.4) is 0 Å². The average molecular weight is 496 g/mol. The van der Waals surface area contributed by atoms with Crippen molar-refractivity contribution in [2.75, 3.05) is 44.9 Å². The number of anilines is 1. The van der Waals surface area contributed by atoms with Gasteiger partial charge < -0.3 is 9.64 Å². The van der Waals surface area contributed by atoms with E-state index in [-0.39, 0.29) is 16.6 Å². The molecule has 0 saturated carbocycles. The first-order valence-corrected chi connectivity index (χ1v) is 12.9. The molecule has 0 aliphatic rings. The minimum absolute atomic E-state index is 0.0344. The van der Waals surface area contributed by atoms with Gasteiger partial charge in [-0.3, -0.25) is 9.69 Å². The van der Waals surface area contributed by atoms with Gasteiger partial charge in [0.2, 0.25) is 0 Å². The summed E-state index contributed by atoms with van der Waals surface area (Å²) in [6.07, 6.45) is 0.715. The maximum absolute atomic E-state index is 13.5. The third kappa shape index (κ3) is 5.23. The van der Waals surface area contributed by atoms with Crippen molar-refractivity contribution < 1.29 is 17.9 Å². The molecule has 0 bridgehead atoms. The molecule has 1 aromatic heterocycles. The predicted molar refractivity (Wildman–Crippen MR) is 130 cm³/mol. The lowest BCUT2D eigenvalue weighted by Gasteiger charge is -2.21. The van der Waals surface area contributed by atoms with E-state index in [2.05, 4.69) is 4.98 Å².